The lowest BCUT2D eigenvalue weighted by molar-refractivity contribution is -0.151. The highest BCUT2D eigenvalue weighted by atomic mass is 19.4. The van der Waals surface area contributed by atoms with Crippen LogP contribution >= 0.6 is 0 Å². The third-order valence-electron chi connectivity index (χ3n) is 3.65. The number of carbonyl (C=O) groups excluding carboxylic acids is 1. The van der Waals surface area contributed by atoms with Crippen molar-refractivity contribution in [3.63, 3.8) is 0 Å². The summed E-state index contributed by atoms with van der Waals surface area (Å²) in [6.45, 7) is -0.754. The van der Waals surface area contributed by atoms with E-state index in [4.69, 9.17) is 10.00 Å². The van der Waals surface area contributed by atoms with E-state index in [1.165, 1.54) is 12.1 Å². The zero-order chi connectivity index (χ0) is 18.7. The number of carbonyl (C=O) groups is 1. The first-order chi connectivity index (χ1) is 12.4. The maximum absolute atomic E-state index is 13.2. The molecular formula is C18H12F3N3O2. The molecule has 3 rings (SSSR count). The molecule has 8 heteroatoms. The van der Waals surface area contributed by atoms with Crippen molar-refractivity contribution in [2.24, 2.45) is 0 Å². The molecular weight excluding hydrogens is 347 g/mol. The van der Waals surface area contributed by atoms with Gasteiger partial charge in [0, 0.05) is 0 Å². The van der Waals surface area contributed by atoms with Gasteiger partial charge in [-0.15, -0.1) is 0 Å². The van der Waals surface area contributed by atoms with Crippen LogP contribution in [0.5, 0.6) is 0 Å². The number of rotatable bonds is 4. The number of halogens is 3. The first-order valence-electron chi connectivity index (χ1n) is 7.55. The smallest absolute Gasteiger partial charge is 0.449 e. The molecule has 132 valence electrons. The lowest BCUT2D eigenvalue weighted by atomic mass is 10.1. The van der Waals surface area contributed by atoms with Crippen LogP contribution in [0.1, 0.15) is 17.0 Å². The van der Waals surface area contributed by atoms with Gasteiger partial charge in [-0.2, -0.15) is 18.4 Å². The lowest BCUT2D eigenvalue weighted by Crippen LogP contribution is -2.20. The Morgan fingerprint density at radius 3 is 2.69 bits per heavy atom. The average Bonchev–Trinajstić information content (AvgIpc) is 2.99. The summed E-state index contributed by atoms with van der Waals surface area (Å²) < 4.78 is 45.5. The van der Waals surface area contributed by atoms with Gasteiger partial charge in [0.05, 0.1) is 22.7 Å². The van der Waals surface area contributed by atoms with Crippen LogP contribution in [0.15, 0.2) is 48.5 Å². The molecule has 0 aliphatic heterocycles. The van der Waals surface area contributed by atoms with Crippen LogP contribution in [-0.4, -0.2) is 15.5 Å². The van der Waals surface area contributed by atoms with E-state index in [0.29, 0.717) is 11.1 Å². The van der Waals surface area contributed by atoms with Crippen LogP contribution in [0.2, 0.25) is 0 Å². The van der Waals surface area contributed by atoms with Gasteiger partial charge in [-0.25, -0.2) is 4.98 Å². The van der Waals surface area contributed by atoms with E-state index < -0.39 is 24.5 Å². The Morgan fingerprint density at radius 2 is 1.96 bits per heavy atom. The van der Waals surface area contributed by atoms with Crippen molar-refractivity contribution >= 4 is 17.0 Å². The SMILES string of the molecule is N#Cc1cccc(COC(=O)Cn2c(C(F)(F)F)nc3ccccc32)c1. The molecule has 0 spiro atoms. The number of esters is 1. The van der Waals surface area contributed by atoms with Gasteiger partial charge in [0.1, 0.15) is 13.2 Å². The monoisotopic (exact) mass is 359 g/mol. The second kappa shape index (κ2) is 6.88. The van der Waals surface area contributed by atoms with Gasteiger partial charge in [0.15, 0.2) is 0 Å². The highest BCUT2D eigenvalue weighted by molar-refractivity contribution is 5.79. The van der Waals surface area contributed by atoms with E-state index in [1.807, 2.05) is 6.07 Å². The molecule has 0 aliphatic carbocycles. The number of aromatic nitrogens is 2. The number of nitrogens with zero attached hydrogens (tertiary/aromatic N) is 3. The molecule has 26 heavy (non-hydrogen) atoms. The molecule has 0 saturated heterocycles. The van der Waals surface area contributed by atoms with Gasteiger partial charge in [0.2, 0.25) is 5.82 Å². The summed E-state index contributed by atoms with van der Waals surface area (Å²) in [7, 11) is 0. The Kier molecular flexibility index (Phi) is 4.63. The van der Waals surface area contributed by atoms with Crippen molar-refractivity contribution in [1.29, 1.82) is 5.26 Å². The minimum absolute atomic E-state index is 0.137. The second-order valence-corrected chi connectivity index (χ2v) is 5.48. The van der Waals surface area contributed by atoms with E-state index in [1.54, 1.807) is 36.4 Å². The lowest BCUT2D eigenvalue weighted by Gasteiger charge is -2.11. The summed E-state index contributed by atoms with van der Waals surface area (Å²) in [5, 5.41) is 8.84. The van der Waals surface area contributed by atoms with Crippen LogP contribution in [-0.2, 0) is 28.9 Å². The number of benzene rings is 2. The van der Waals surface area contributed by atoms with E-state index >= 15 is 0 Å². The van der Waals surface area contributed by atoms with Gasteiger partial charge in [-0.05, 0) is 29.8 Å². The number of para-hydroxylation sites is 2. The van der Waals surface area contributed by atoms with Gasteiger partial charge in [0.25, 0.3) is 0 Å². The highest BCUT2D eigenvalue weighted by Crippen LogP contribution is 2.31. The van der Waals surface area contributed by atoms with E-state index in [-0.39, 0.29) is 17.6 Å². The molecule has 0 saturated carbocycles. The van der Waals surface area contributed by atoms with Crippen molar-refractivity contribution in [2.45, 2.75) is 19.3 Å². The first kappa shape index (κ1) is 17.5. The minimum Gasteiger partial charge on any atom is -0.459 e. The number of alkyl halides is 3. The first-order valence-corrected chi connectivity index (χ1v) is 7.55. The Bertz CT molecular complexity index is 1000. The minimum atomic E-state index is -4.69. The number of ether oxygens (including phenoxy) is 1. The molecule has 5 nitrogen and oxygen atoms in total. The fourth-order valence-corrected chi connectivity index (χ4v) is 2.52. The molecule has 0 atom stereocenters. The highest BCUT2D eigenvalue weighted by Gasteiger charge is 2.38. The Balaban J connectivity index is 1.80. The topological polar surface area (TPSA) is 67.9 Å². The van der Waals surface area contributed by atoms with Gasteiger partial charge >= 0.3 is 12.1 Å². The predicted octanol–water partition coefficient (Wildman–Crippen LogP) is 3.67. The van der Waals surface area contributed by atoms with Crippen molar-refractivity contribution in [3.8, 4) is 6.07 Å². The van der Waals surface area contributed by atoms with E-state index in [0.717, 1.165) is 4.57 Å². The van der Waals surface area contributed by atoms with Crippen molar-refractivity contribution in [1.82, 2.24) is 9.55 Å². The summed E-state index contributed by atoms with van der Waals surface area (Å²) in [6.07, 6.45) is -4.69. The predicted molar refractivity (Wildman–Crippen MR) is 85.7 cm³/mol. The Morgan fingerprint density at radius 1 is 1.19 bits per heavy atom. The molecule has 1 aromatic heterocycles. The zero-order valence-electron chi connectivity index (χ0n) is 13.3. The summed E-state index contributed by atoms with van der Waals surface area (Å²) in [4.78, 5) is 15.6. The normalized spacial score (nSPS) is 11.3. The molecule has 1 heterocycles. The molecule has 0 radical (unpaired) electrons. The Hall–Kier alpha value is -3.34. The molecule has 0 bridgehead atoms. The number of hydrogen-bond donors (Lipinski definition) is 0. The molecule has 2 aromatic carbocycles. The maximum atomic E-state index is 13.2. The fraction of sp³-hybridized carbons (Fsp3) is 0.167. The van der Waals surface area contributed by atoms with Crippen LogP contribution < -0.4 is 0 Å². The maximum Gasteiger partial charge on any atom is 0.449 e. The molecule has 0 N–H and O–H groups in total. The van der Waals surface area contributed by atoms with Gasteiger partial charge in [-0.3, -0.25) is 4.79 Å². The number of fused-ring (bicyclic) bond motifs is 1. The van der Waals surface area contributed by atoms with E-state index in [9.17, 15) is 18.0 Å². The number of hydrogen-bond acceptors (Lipinski definition) is 4. The zero-order valence-corrected chi connectivity index (χ0v) is 13.3. The van der Waals surface area contributed by atoms with Crippen LogP contribution in [0.4, 0.5) is 13.2 Å². The van der Waals surface area contributed by atoms with Crippen LogP contribution in [0.3, 0.4) is 0 Å². The third-order valence-corrected chi connectivity index (χ3v) is 3.65. The van der Waals surface area contributed by atoms with E-state index in [2.05, 4.69) is 4.98 Å². The Labute approximate surface area is 146 Å². The average molecular weight is 359 g/mol. The molecule has 0 amide bonds. The second-order valence-electron chi connectivity index (χ2n) is 5.48. The summed E-state index contributed by atoms with van der Waals surface area (Å²) >= 11 is 0. The quantitative estimate of drug-likeness (QED) is 0.667. The number of imidazole rings is 1. The number of nitriles is 1. The molecule has 3 aromatic rings. The molecule has 0 unspecified atom stereocenters. The van der Waals surface area contributed by atoms with Crippen LogP contribution in [0.25, 0.3) is 11.0 Å². The third kappa shape index (κ3) is 3.67. The summed E-state index contributed by atoms with van der Waals surface area (Å²) in [5.74, 6) is -1.98. The standard InChI is InChI=1S/C18H12F3N3O2/c19-18(20,21)17-23-14-6-1-2-7-15(14)24(17)10-16(25)26-11-13-5-3-4-12(8-13)9-22/h1-8H,10-11H2. The largest absolute Gasteiger partial charge is 0.459 e. The summed E-state index contributed by atoms with van der Waals surface area (Å²) in [6, 6.07) is 14.4. The molecule has 0 fully saturated rings. The van der Waals surface area contributed by atoms with Crippen molar-refractivity contribution in [2.75, 3.05) is 0 Å². The van der Waals surface area contributed by atoms with Crippen molar-refractivity contribution < 1.29 is 22.7 Å². The van der Waals surface area contributed by atoms with Crippen molar-refractivity contribution in [3.05, 3.63) is 65.5 Å². The fourth-order valence-electron chi connectivity index (χ4n) is 2.52. The molecule has 0 aliphatic rings. The van der Waals surface area contributed by atoms with Crippen LogP contribution in [0, 0.1) is 11.3 Å². The summed E-state index contributed by atoms with van der Waals surface area (Å²) in [5.41, 5.74) is 1.32. The van der Waals surface area contributed by atoms with Gasteiger partial charge in [-0.1, -0.05) is 24.3 Å². The van der Waals surface area contributed by atoms with Gasteiger partial charge < -0.3 is 9.30 Å².